The monoisotopic (exact) mass is 291 g/mol. The van der Waals surface area contributed by atoms with Gasteiger partial charge in [0.25, 0.3) is 5.22 Å². The summed E-state index contributed by atoms with van der Waals surface area (Å²) in [7, 11) is 1.57. The van der Waals surface area contributed by atoms with E-state index in [1.807, 2.05) is 32.9 Å². The number of oxazole rings is 1. The predicted molar refractivity (Wildman–Crippen MR) is 78.8 cm³/mol. The van der Waals surface area contributed by atoms with Crippen molar-refractivity contribution >= 4 is 17.5 Å². The Kier molecular flexibility index (Phi) is 4.49. The first-order chi connectivity index (χ1) is 9.51. The van der Waals surface area contributed by atoms with Gasteiger partial charge in [-0.1, -0.05) is 17.8 Å². The quantitative estimate of drug-likeness (QED) is 0.622. The Morgan fingerprint density at radius 2 is 2.10 bits per heavy atom. The van der Waals surface area contributed by atoms with Crippen LogP contribution in [0.2, 0.25) is 0 Å². The predicted octanol–water partition coefficient (Wildman–Crippen LogP) is 3.58. The topological polar surface area (TPSA) is 52.3 Å². The highest BCUT2D eigenvalue weighted by molar-refractivity contribution is 7.99. The molecule has 1 aromatic heterocycles. The first-order valence-corrected chi connectivity index (χ1v) is 7.24. The Morgan fingerprint density at radius 3 is 2.70 bits per heavy atom. The van der Waals surface area contributed by atoms with Crippen molar-refractivity contribution < 1.29 is 13.9 Å². The highest BCUT2D eigenvalue weighted by atomic mass is 32.2. The molecule has 2 rings (SSSR count). The number of carbonyl (C=O) groups is 1. The van der Waals surface area contributed by atoms with E-state index in [1.165, 1.54) is 11.8 Å². The highest BCUT2D eigenvalue weighted by Crippen LogP contribution is 2.25. The fraction of sp³-hybridized carbons (Fsp3) is 0.333. The summed E-state index contributed by atoms with van der Waals surface area (Å²) in [5, 5.41) is 0.527. The molecule has 5 heteroatoms. The minimum atomic E-state index is 0.000330. The van der Waals surface area contributed by atoms with Crippen molar-refractivity contribution in [3.8, 4) is 5.75 Å². The van der Waals surface area contributed by atoms with Gasteiger partial charge in [-0.2, -0.15) is 0 Å². The number of aryl methyl sites for hydroxylation is 3. The standard InChI is InChI=1S/C15H17NO3S/c1-9-5-6-12(14(7-9)18-4)13(17)8-20-15-16-10(2)11(3)19-15/h5-7H,8H2,1-4H3. The van der Waals surface area contributed by atoms with Crippen LogP contribution in [0.25, 0.3) is 0 Å². The fourth-order valence-electron chi connectivity index (χ4n) is 1.74. The third-order valence-corrected chi connectivity index (χ3v) is 3.82. The molecule has 20 heavy (non-hydrogen) atoms. The normalized spacial score (nSPS) is 10.6. The van der Waals surface area contributed by atoms with Crippen LogP contribution in [0.15, 0.2) is 27.8 Å². The first kappa shape index (κ1) is 14.7. The summed E-state index contributed by atoms with van der Waals surface area (Å²) in [6.07, 6.45) is 0. The number of carbonyl (C=O) groups excluding carboxylic acids is 1. The van der Waals surface area contributed by atoms with Crippen LogP contribution in [-0.2, 0) is 0 Å². The molecule has 106 valence electrons. The smallest absolute Gasteiger partial charge is 0.256 e. The summed E-state index contributed by atoms with van der Waals surface area (Å²) in [6.45, 7) is 5.70. The second-order valence-corrected chi connectivity index (χ2v) is 5.46. The Morgan fingerprint density at radius 1 is 1.35 bits per heavy atom. The summed E-state index contributed by atoms with van der Waals surface area (Å²) in [5.41, 5.74) is 2.50. The fourth-order valence-corrected chi connectivity index (χ4v) is 2.53. The van der Waals surface area contributed by atoms with E-state index in [4.69, 9.17) is 9.15 Å². The molecule has 0 radical (unpaired) electrons. The van der Waals surface area contributed by atoms with Crippen LogP contribution in [0.4, 0.5) is 0 Å². The molecule has 0 fully saturated rings. The molecule has 0 spiro atoms. The van der Waals surface area contributed by atoms with Gasteiger partial charge < -0.3 is 9.15 Å². The van der Waals surface area contributed by atoms with Crippen molar-refractivity contribution in [1.29, 1.82) is 0 Å². The number of hydrogen-bond donors (Lipinski definition) is 0. The van der Waals surface area contributed by atoms with Gasteiger partial charge in [0.1, 0.15) is 11.5 Å². The number of methoxy groups -OCH3 is 1. The Hall–Kier alpha value is -1.75. The third-order valence-electron chi connectivity index (χ3n) is 2.99. The molecular formula is C15H17NO3S. The molecule has 0 N–H and O–H groups in total. The third kappa shape index (κ3) is 3.22. The number of rotatable bonds is 5. The van der Waals surface area contributed by atoms with Gasteiger partial charge in [-0.3, -0.25) is 4.79 Å². The number of aromatic nitrogens is 1. The number of ether oxygens (including phenoxy) is 1. The summed E-state index contributed by atoms with van der Waals surface area (Å²) >= 11 is 1.30. The van der Waals surface area contributed by atoms with Crippen LogP contribution in [0, 0.1) is 20.8 Å². The number of ketones is 1. The van der Waals surface area contributed by atoms with Gasteiger partial charge in [0, 0.05) is 0 Å². The molecule has 0 amide bonds. The lowest BCUT2D eigenvalue weighted by atomic mass is 10.1. The van der Waals surface area contributed by atoms with Crippen LogP contribution in [0.5, 0.6) is 5.75 Å². The van der Waals surface area contributed by atoms with Gasteiger partial charge in [0.15, 0.2) is 5.78 Å². The van der Waals surface area contributed by atoms with E-state index in [9.17, 15) is 4.79 Å². The lowest BCUT2D eigenvalue weighted by Gasteiger charge is -2.07. The van der Waals surface area contributed by atoms with Gasteiger partial charge >= 0.3 is 0 Å². The van der Waals surface area contributed by atoms with Gasteiger partial charge in [-0.15, -0.1) is 0 Å². The SMILES string of the molecule is COc1cc(C)ccc1C(=O)CSc1nc(C)c(C)o1. The molecular weight excluding hydrogens is 274 g/mol. The highest BCUT2D eigenvalue weighted by Gasteiger charge is 2.15. The Labute approximate surface area is 122 Å². The van der Waals surface area contributed by atoms with Crippen molar-refractivity contribution in [3.63, 3.8) is 0 Å². The van der Waals surface area contributed by atoms with Crippen molar-refractivity contribution in [2.75, 3.05) is 12.9 Å². The average Bonchev–Trinajstić information content (AvgIpc) is 2.75. The van der Waals surface area contributed by atoms with Crippen LogP contribution in [-0.4, -0.2) is 23.6 Å². The molecule has 2 aromatic rings. The maximum atomic E-state index is 12.2. The average molecular weight is 291 g/mol. The van der Waals surface area contributed by atoms with Crippen molar-refractivity contribution in [1.82, 2.24) is 4.98 Å². The van der Waals surface area contributed by atoms with Gasteiger partial charge in [-0.25, -0.2) is 4.98 Å². The molecule has 0 aliphatic rings. The maximum absolute atomic E-state index is 12.2. The number of hydrogen-bond acceptors (Lipinski definition) is 5. The van der Waals surface area contributed by atoms with Crippen LogP contribution >= 0.6 is 11.8 Å². The molecule has 0 atom stereocenters. The molecule has 0 saturated carbocycles. The van der Waals surface area contributed by atoms with Crippen LogP contribution in [0.1, 0.15) is 27.4 Å². The lowest BCUT2D eigenvalue weighted by molar-refractivity contribution is 0.101. The zero-order chi connectivity index (χ0) is 14.7. The van der Waals surface area contributed by atoms with E-state index < -0.39 is 0 Å². The van der Waals surface area contributed by atoms with Crippen LogP contribution in [0.3, 0.4) is 0 Å². The number of benzene rings is 1. The Bertz CT molecular complexity index is 615. The summed E-state index contributed by atoms with van der Waals surface area (Å²) in [5.74, 6) is 1.67. The Balaban J connectivity index is 2.08. The molecule has 0 aliphatic carbocycles. The molecule has 0 saturated heterocycles. The number of Topliss-reactive ketones (excluding diaryl/α,β-unsaturated/α-hetero) is 1. The van der Waals surface area contributed by atoms with E-state index in [-0.39, 0.29) is 11.5 Å². The van der Waals surface area contributed by atoms with Crippen molar-refractivity contribution in [2.45, 2.75) is 26.0 Å². The van der Waals surface area contributed by atoms with E-state index in [2.05, 4.69) is 4.98 Å². The molecule has 1 aromatic carbocycles. The zero-order valence-electron chi connectivity index (χ0n) is 12.0. The van der Waals surface area contributed by atoms with E-state index in [0.29, 0.717) is 16.5 Å². The molecule has 0 bridgehead atoms. The first-order valence-electron chi connectivity index (χ1n) is 6.26. The minimum absolute atomic E-state index is 0.000330. The minimum Gasteiger partial charge on any atom is -0.496 e. The molecule has 1 heterocycles. The molecule has 0 aliphatic heterocycles. The zero-order valence-corrected chi connectivity index (χ0v) is 12.8. The van der Waals surface area contributed by atoms with Gasteiger partial charge in [0.05, 0.1) is 24.1 Å². The van der Waals surface area contributed by atoms with E-state index in [1.54, 1.807) is 13.2 Å². The van der Waals surface area contributed by atoms with E-state index >= 15 is 0 Å². The second-order valence-electron chi connectivity index (χ2n) is 4.54. The molecule has 0 unspecified atom stereocenters. The molecule has 4 nitrogen and oxygen atoms in total. The summed E-state index contributed by atoms with van der Waals surface area (Å²) < 4.78 is 10.7. The largest absolute Gasteiger partial charge is 0.496 e. The number of nitrogens with zero attached hydrogens (tertiary/aromatic N) is 1. The van der Waals surface area contributed by atoms with Gasteiger partial charge in [-0.05, 0) is 38.5 Å². The van der Waals surface area contributed by atoms with Crippen molar-refractivity contribution in [3.05, 3.63) is 40.8 Å². The summed E-state index contributed by atoms with van der Waals surface area (Å²) in [6, 6.07) is 5.56. The maximum Gasteiger partial charge on any atom is 0.256 e. The summed E-state index contributed by atoms with van der Waals surface area (Å²) in [4.78, 5) is 16.5. The lowest BCUT2D eigenvalue weighted by Crippen LogP contribution is -2.05. The van der Waals surface area contributed by atoms with Crippen molar-refractivity contribution in [2.24, 2.45) is 0 Å². The van der Waals surface area contributed by atoms with Gasteiger partial charge in [0.2, 0.25) is 0 Å². The number of thioether (sulfide) groups is 1. The van der Waals surface area contributed by atoms with E-state index in [0.717, 1.165) is 17.0 Å². The van der Waals surface area contributed by atoms with Crippen LogP contribution < -0.4 is 4.74 Å². The second kappa shape index (κ2) is 6.13.